The van der Waals surface area contributed by atoms with E-state index in [4.69, 9.17) is 16.3 Å². The highest BCUT2D eigenvalue weighted by Crippen LogP contribution is 2.35. The van der Waals surface area contributed by atoms with Crippen molar-refractivity contribution >= 4 is 62.7 Å². The molecule has 1 aromatic carbocycles. The molecule has 0 aliphatic heterocycles. The molecule has 0 radical (unpaired) electrons. The molecule has 9 heteroatoms. The fourth-order valence-electron chi connectivity index (χ4n) is 2.83. The molecule has 0 fully saturated rings. The molecule has 0 unspecified atom stereocenters. The third-order valence-electron chi connectivity index (χ3n) is 4.43. The van der Waals surface area contributed by atoms with E-state index in [9.17, 15) is 14.4 Å². The lowest BCUT2D eigenvalue weighted by atomic mass is 10.1. The maximum Gasteiger partial charge on any atom is 0.341 e. The zero-order valence-electron chi connectivity index (χ0n) is 16.5. The van der Waals surface area contributed by atoms with E-state index in [0.717, 1.165) is 21.8 Å². The molecule has 2 aromatic heterocycles. The van der Waals surface area contributed by atoms with Gasteiger partial charge in [-0.15, -0.1) is 22.7 Å². The molecule has 3 rings (SSSR count). The van der Waals surface area contributed by atoms with Crippen LogP contribution in [-0.4, -0.2) is 24.9 Å². The standard InChI is InChI=1S/C21H19ClN2O4S2/c1-11-14(22)7-4-8-15(11)23-19(26)18-12(2)17(21(27)28-3)20(30-18)24-16(25)10-13-6-5-9-29-13/h4-9H,10H2,1-3H3,(H,23,26)(H,24,25). The van der Waals surface area contributed by atoms with Gasteiger partial charge in [-0.1, -0.05) is 23.7 Å². The molecule has 0 aliphatic rings. The molecule has 0 bridgehead atoms. The molecule has 0 saturated heterocycles. The molecule has 2 amide bonds. The predicted molar refractivity (Wildman–Crippen MR) is 121 cm³/mol. The first-order valence-electron chi connectivity index (χ1n) is 8.92. The van der Waals surface area contributed by atoms with E-state index < -0.39 is 11.9 Å². The molecule has 3 aromatic rings. The summed E-state index contributed by atoms with van der Waals surface area (Å²) in [5.41, 5.74) is 1.92. The van der Waals surface area contributed by atoms with Crippen LogP contribution in [0.1, 0.15) is 36.0 Å². The Kier molecular flexibility index (Phi) is 6.91. The molecule has 0 spiro atoms. The lowest BCUT2D eigenvalue weighted by Gasteiger charge is -2.09. The summed E-state index contributed by atoms with van der Waals surface area (Å²) < 4.78 is 4.86. The van der Waals surface area contributed by atoms with Crippen LogP contribution in [-0.2, 0) is 16.0 Å². The number of anilines is 2. The topological polar surface area (TPSA) is 84.5 Å². The first-order valence-corrected chi connectivity index (χ1v) is 11.0. The number of ether oxygens (including phenoxy) is 1. The molecule has 0 saturated carbocycles. The summed E-state index contributed by atoms with van der Waals surface area (Å²) in [6.45, 7) is 3.45. The Morgan fingerprint density at radius 3 is 2.50 bits per heavy atom. The third-order valence-corrected chi connectivity index (χ3v) is 6.92. The molecule has 156 valence electrons. The number of thiophene rings is 2. The van der Waals surface area contributed by atoms with Gasteiger partial charge in [-0.2, -0.15) is 0 Å². The maximum atomic E-state index is 12.9. The summed E-state index contributed by atoms with van der Waals surface area (Å²) in [5.74, 6) is -1.29. The quantitative estimate of drug-likeness (QED) is 0.487. The second kappa shape index (κ2) is 9.42. The zero-order valence-corrected chi connectivity index (χ0v) is 18.9. The lowest BCUT2D eigenvalue weighted by molar-refractivity contribution is -0.115. The Morgan fingerprint density at radius 1 is 1.07 bits per heavy atom. The van der Waals surface area contributed by atoms with Crippen LogP contribution in [0.2, 0.25) is 5.02 Å². The molecule has 0 atom stereocenters. The fourth-order valence-corrected chi connectivity index (χ4v) is 4.81. The van der Waals surface area contributed by atoms with E-state index in [2.05, 4.69) is 10.6 Å². The van der Waals surface area contributed by atoms with E-state index in [1.165, 1.54) is 18.4 Å². The number of carbonyl (C=O) groups excluding carboxylic acids is 3. The van der Waals surface area contributed by atoms with E-state index >= 15 is 0 Å². The Balaban J connectivity index is 1.89. The van der Waals surface area contributed by atoms with Gasteiger partial charge in [0.1, 0.15) is 5.00 Å². The number of hydrogen-bond acceptors (Lipinski definition) is 6. The number of hydrogen-bond donors (Lipinski definition) is 2. The number of halogens is 1. The van der Waals surface area contributed by atoms with Crippen molar-refractivity contribution in [3.63, 3.8) is 0 Å². The van der Waals surface area contributed by atoms with Gasteiger partial charge in [0.05, 0.1) is 24.0 Å². The van der Waals surface area contributed by atoms with Crippen molar-refractivity contribution in [2.75, 3.05) is 17.7 Å². The number of carbonyl (C=O) groups is 3. The maximum absolute atomic E-state index is 12.9. The van der Waals surface area contributed by atoms with Gasteiger partial charge in [-0.25, -0.2) is 4.79 Å². The van der Waals surface area contributed by atoms with Gasteiger partial charge >= 0.3 is 5.97 Å². The summed E-state index contributed by atoms with van der Waals surface area (Å²) in [6, 6.07) is 8.94. The van der Waals surface area contributed by atoms with Crippen molar-refractivity contribution in [1.82, 2.24) is 0 Å². The Hall–Kier alpha value is -2.68. The normalized spacial score (nSPS) is 10.5. The molecule has 2 heterocycles. The van der Waals surface area contributed by atoms with Crippen molar-refractivity contribution in [2.24, 2.45) is 0 Å². The smallest absolute Gasteiger partial charge is 0.341 e. The van der Waals surface area contributed by atoms with Crippen LogP contribution in [0, 0.1) is 13.8 Å². The van der Waals surface area contributed by atoms with Gasteiger partial charge in [-0.3, -0.25) is 9.59 Å². The summed E-state index contributed by atoms with van der Waals surface area (Å²) >= 11 is 8.63. The molecular formula is C21H19ClN2O4S2. The van der Waals surface area contributed by atoms with Gasteiger partial charge in [0.25, 0.3) is 5.91 Å². The molecule has 30 heavy (non-hydrogen) atoms. The van der Waals surface area contributed by atoms with Crippen molar-refractivity contribution in [1.29, 1.82) is 0 Å². The highest BCUT2D eigenvalue weighted by atomic mass is 35.5. The number of esters is 1. The van der Waals surface area contributed by atoms with E-state index in [1.54, 1.807) is 32.0 Å². The molecule has 0 aliphatic carbocycles. The largest absolute Gasteiger partial charge is 0.465 e. The average Bonchev–Trinajstić information content (AvgIpc) is 3.32. The van der Waals surface area contributed by atoms with Crippen molar-refractivity contribution in [3.8, 4) is 0 Å². The number of rotatable bonds is 6. The van der Waals surface area contributed by atoms with Crippen molar-refractivity contribution < 1.29 is 19.1 Å². The minimum absolute atomic E-state index is 0.176. The fraction of sp³-hybridized carbons (Fsp3) is 0.190. The first-order chi connectivity index (χ1) is 14.3. The van der Waals surface area contributed by atoms with Crippen LogP contribution in [0.5, 0.6) is 0 Å². The Bertz CT molecular complexity index is 1110. The van der Waals surface area contributed by atoms with Crippen LogP contribution in [0.25, 0.3) is 0 Å². The van der Waals surface area contributed by atoms with E-state index in [-0.39, 0.29) is 22.9 Å². The Morgan fingerprint density at radius 2 is 1.83 bits per heavy atom. The van der Waals surface area contributed by atoms with Gasteiger partial charge in [-0.05, 0) is 48.6 Å². The zero-order chi connectivity index (χ0) is 21.8. The predicted octanol–water partition coefficient (Wildman–Crippen LogP) is 5.30. The van der Waals surface area contributed by atoms with Gasteiger partial charge < -0.3 is 15.4 Å². The monoisotopic (exact) mass is 462 g/mol. The number of benzene rings is 1. The van der Waals surface area contributed by atoms with Gasteiger partial charge in [0, 0.05) is 15.6 Å². The summed E-state index contributed by atoms with van der Waals surface area (Å²) in [4.78, 5) is 38.9. The van der Waals surface area contributed by atoms with Crippen LogP contribution >= 0.6 is 34.3 Å². The number of nitrogens with one attached hydrogen (secondary N) is 2. The summed E-state index contributed by atoms with van der Waals surface area (Å²) in [5, 5.41) is 8.28. The van der Waals surface area contributed by atoms with Crippen molar-refractivity contribution in [3.05, 3.63) is 67.2 Å². The highest BCUT2D eigenvalue weighted by Gasteiger charge is 2.26. The Labute approximate surface area is 186 Å². The second-order valence-electron chi connectivity index (χ2n) is 6.42. The van der Waals surface area contributed by atoms with E-state index in [0.29, 0.717) is 21.2 Å². The van der Waals surface area contributed by atoms with Gasteiger partial charge in [0.15, 0.2) is 0 Å². The molecule has 6 nitrogen and oxygen atoms in total. The van der Waals surface area contributed by atoms with Crippen LogP contribution < -0.4 is 10.6 Å². The van der Waals surface area contributed by atoms with E-state index in [1.807, 2.05) is 17.5 Å². The minimum atomic E-state index is -0.617. The minimum Gasteiger partial charge on any atom is -0.465 e. The SMILES string of the molecule is COC(=O)c1c(NC(=O)Cc2cccs2)sc(C(=O)Nc2cccc(Cl)c2C)c1C. The number of methoxy groups -OCH3 is 1. The van der Waals surface area contributed by atoms with Crippen LogP contribution in [0.4, 0.5) is 10.7 Å². The van der Waals surface area contributed by atoms with Crippen molar-refractivity contribution in [2.45, 2.75) is 20.3 Å². The molecule has 2 N–H and O–H groups in total. The molecular weight excluding hydrogens is 444 g/mol. The second-order valence-corrected chi connectivity index (χ2v) is 8.88. The first kappa shape index (κ1) is 22.0. The average molecular weight is 463 g/mol. The van der Waals surface area contributed by atoms with Crippen LogP contribution in [0.3, 0.4) is 0 Å². The summed E-state index contributed by atoms with van der Waals surface area (Å²) in [7, 11) is 1.26. The van der Waals surface area contributed by atoms with Crippen LogP contribution in [0.15, 0.2) is 35.7 Å². The number of amides is 2. The highest BCUT2D eigenvalue weighted by molar-refractivity contribution is 7.19. The summed E-state index contributed by atoms with van der Waals surface area (Å²) in [6.07, 6.45) is 0.179. The van der Waals surface area contributed by atoms with Gasteiger partial charge in [0.2, 0.25) is 5.91 Å². The lowest BCUT2D eigenvalue weighted by Crippen LogP contribution is -2.15. The third kappa shape index (κ3) is 4.72.